The van der Waals surface area contributed by atoms with Crippen LogP contribution in [0.5, 0.6) is 0 Å². The van der Waals surface area contributed by atoms with Crippen molar-refractivity contribution in [3.8, 4) is 0 Å². The molecule has 0 heterocycles. The Morgan fingerprint density at radius 3 is 1.12 bits per heavy atom. The molecule has 0 aromatic heterocycles. The third-order valence-electron chi connectivity index (χ3n) is 14.7. The van der Waals surface area contributed by atoms with Crippen LogP contribution in [0.25, 0.3) is 0 Å². The van der Waals surface area contributed by atoms with Gasteiger partial charge >= 0.3 is 5.97 Å². The van der Waals surface area contributed by atoms with Gasteiger partial charge in [-0.25, -0.2) is 0 Å². The molecule has 9 nitrogen and oxygen atoms in total. The molecule has 1 N–H and O–H groups in total. The lowest BCUT2D eigenvalue weighted by molar-refractivity contribution is -0.870. The number of unbranched alkanes of at least 4 members (excludes halogenated alkanes) is 43. The summed E-state index contributed by atoms with van der Waals surface area (Å²) in [5.74, 6) is -0.519. The molecule has 0 aromatic rings. The molecule has 434 valence electrons. The van der Waals surface area contributed by atoms with E-state index in [0.717, 1.165) is 57.8 Å². The van der Waals surface area contributed by atoms with Crippen molar-refractivity contribution in [1.29, 1.82) is 0 Å². The molecular weight excluding hydrogens is 928 g/mol. The largest absolute Gasteiger partial charge is 0.756 e. The quantitative estimate of drug-likeness (QED) is 0.0212. The second kappa shape index (κ2) is 54.1. The van der Waals surface area contributed by atoms with Gasteiger partial charge in [0.15, 0.2) is 0 Å². The minimum absolute atomic E-state index is 0.0168. The molecule has 0 saturated carbocycles. The molecule has 1 amide bonds. The van der Waals surface area contributed by atoms with Crippen LogP contribution in [0.15, 0.2) is 12.2 Å². The van der Waals surface area contributed by atoms with Gasteiger partial charge in [0.2, 0.25) is 5.91 Å². The first-order chi connectivity index (χ1) is 35.4. The first kappa shape index (κ1) is 71.8. The van der Waals surface area contributed by atoms with Crippen LogP contribution in [-0.4, -0.2) is 69.4 Å². The minimum atomic E-state index is -4.69. The molecule has 10 heteroatoms. The Labute approximate surface area is 454 Å². The summed E-state index contributed by atoms with van der Waals surface area (Å²) in [6.45, 7) is 6.90. The van der Waals surface area contributed by atoms with E-state index in [1.807, 2.05) is 33.3 Å². The number of rotatable bonds is 59. The third kappa shape index (κ3) is 55.3. The zero-order valence-electron chi connectivity index (χ0n) is 49.6. The summed E-state index contributed by atoms with van der Waals surface area (Å²) < 4.78 is 30.3. The summed E-state index contributed by atoms with van der Waals surface area (Å²) in [6.07, 6.45) is 61.8. The molecule has 0 bridgehead atoms. The summed E-state index contributed by atoms with van der Waals surface area (Å²) in [7, 11) is 1.21. The molecular formula is C63H125N2O7P. The zero-order valence-corrected chi connectivity index (χ0v) is 50.5. The Bertz CT molecular complexity index is 1260. The number of carbonyl (C=O) groups excluding carboxylic acids is 2. The monoisotopic (exact) mass is 1050 g/mol. The normalized spacial score (nSPS) is 13.7. The molecule has 0 rings (SSSR count). The number of quaternary nitrogens is 1. The Morgan fingerprint density at radius 2 is 0.781 bits per heavy atom. The standard InChI is InChI=1S/C63H125N2O7P/c1-7-10-13-16-19-22-25-28-30-31-32-33-34-35-36-38-41-44-47-50-53-56-63(67)72-61(54-51-48-45-42-39-27-24-21-18-15-12-9-3)60(59-71-73(68,69)70-58-57-65(4,5)6)64-62(66)55-52-49-46-43-40-37-29-26-23-20-17-14-11-8-2/h51,54,60-61H,7-50,52-53,55-59H2,1-6H3,(H-,64,66,68,69)/b54-51-. The van der Waals surface area contributed by atoms with Gasteiger partial charge in [-0.05, 0) is 31.8 Å². The number of esters is 1. The summed E-state index contributed by atoms with van der Waals surface area (Å²) in [5.41, 5.74) is 0. The average molecular weight is 1050 g/mol. The number of phosphoric ester groups is 1. The van der Waals surface area contributed by atoms with Crippen LogP contribution in [0.1, 0.15) is 329 Å². The molecule has 0 aliphatic heterocycles. The van der Waals surface area contributed by atoms with Gasteiger partial charge < -0.3 is 28.5 Å². The second-order valence-electron chi connectivity index (χ2n) is 23.3. The third-order valence-corrected chi connectivity index (χ3v) is 15.7. The van der Waals surface area contributed by atoms with Crippen molar-refractivity contribution in [1.82, 2.24) is 5.32 Å². The summed E-state index contributed by atoms with van der Waals surface area (Å²) in [4.78, 5) is 40.0. The molecule has 3 atom stereocenters. The van der Waals surface area contributed by atoms with Crippen LogP contribution in [0, 0.1) is 0 Å². The second-order valence-corrected chi connectivity index (χ2v) is 24.7. The topological polar surface area (TPSA) is 114 Å². The van der Waals surface area contributed by atoms with E-state index in [4.69, 9.17) is 13.8 Å². The molecule has 0 aliphatic rings. The number of likely N-dealkylation sites (N-methyl/N-ethyl adjacent to an activating group) is 1. The van der Waals surface area contributed by atoms with Crippen molar-refractivity contribution in [2.24, 2.45) is 0 Å². The minimum Gasteiger partial charge on any atom is -0.756 e. The van der Waals surface area contributed by atoms with E-state index in [0.29, 0.717) is 17.4 Å². The molecule has 0 aromatic carbocycles. The Morgan fingerprint density at radius 1 is 0.466 bits per heavy atom. The molecule has 0 radical (unpaired) electrons. The highest BCUT2D eigenvalue weighted by Gasteiger charge is 2.27. The van der Waals surface area contributed by atoms with Gasteiger partial charge in [-0.2, -0.15) is 0 Å². The highest BCUT2D eigenvalue weighted by molar-refractivity contribution is 7.45. The van der Waals surface area contributed by atoms with Crippen molar-refractivity contribution in [2.45, 2.75) is 341 Å². The lowest BCUT2D eigenvalue weighted by atomic mass is 10.0. The van der Waals surface area contributed by atoms with Crippen molar-refractivity contribution < 1.29 is 37.3 Å². The van der Waals surface area contributed by atoms with Gasteiger partial charge in [-0.15, -0.1) is 0 Å². The van der Waals surface area contributed by atoms with Gasteiger partial charge in [0, 0.05) is 12.8 Å². The lowest BCUT2D eigenvalue weighted by Crippen LogP contribution is -2.47. The van der Waals surface area contributed by atoms with E-state index < -0.39 is 20.0 Å². The Kier molecular flexibility index (Phi) is 53.2. The fourth-order valence-electron chi connectivity index (χ4n) is 9.76. The van der Waals surface area contributed by atoms with E-state index in [2.05, 4.69) is 26.1 Å². The van der Waals surface area contributed by atoms with E-state index in [-0.39, 0.29) is 31.5 Å². The number of allylic oxidation sites excluding steroid dienone is 1. The number of hydrogen-bond acceptors (Lipinski definition) is 7. The number of carbonyl (C=O) groups is 2. The van der Waals surface area contributed by atoms with Gasteiger partial charge in [0.05, 0.1) is 33.8 Å². The van der Waals surface area contributed by atoms with Gasteiger partial charge in [-0.1, -0.05) is 297 Å². The first-order valence-corrected chi connectivity index (χ1v) is 33.5. The van der Waals surface area contributed by atoms with Crippen LogP contribution >= 0.6 is 7.82 Å². The fraction of sp³-hybridized carbons (Fsp3) is 0.937. The van der Waals surface area contributed by atoms with Gasteiger partial charge in [-0.3, -0.25) is 14.2 Å². The van der Waals surface area contributed by atoms with E-state index >= 15 is 0 Å². The molecule has 0 fully saturated rings. The number of nitrogens with one attached hydrogen (secondary N) is 1. The van der Waals surface area contributed by atoms with Crippen LogP contribution in [-0.2, 0) is 27.9 Å². The first-order valence-electron chi connectivity index (χ1n) is 32.0. The van der Waals surface area contributed by atoms with Crippen molar-refractivity contribution in [3.05, 3.63) is 12.2 Å². The molecule has 0 aliphatic carbocycles. The van der Waals surface area contributed by atoms with Gasteiger partial charge in [0.25, 0.3) is 7.82 Å². The Balaban J connectivity index is 5.14. The number of nitrogens with zero attached hydrogens (tertiary/aromatic N) is 1. The zero-order chi connectivity index (χ0) is 53.6. The highest BCUT2D eigenvalue weighted by atomic mass is 31.2. The van der Waals surface area contributed by atoms with Crippen molar-refractivity contribution in [3.63, 3.8) is 0 Å². The van der Waals surface area contributed by atoms with E-state index in [1.165, 1.54) is 238 Å². The molecule has 73 heavy (non-hydrogen) atoms. The average Bonchev–Trinajstić information content (AvgIpc) is 3.35. The predicted molar refractivity (Wildman–Crippen MR) is 312 cm³/mol. The summed E-state index contributed by atoms with van der Waals surface area (Å²) >= 11 is 0. The van der Waals surface area contributed by atoms with E-state index in [1.54, 1.807) is 0 Å². The highest BCUT2D eigenvalue weighted by Crippen LogP contribution is 2.38. The predicted octanol–water partition coefficient (Wildman–Crippen LogP) is 18.9. The number of hydrogen-bond donors (Lipinski definition) is 1. The van der Waals surface area contributed by atoms with E-state index in [9.17, 15) is 19.0 Å². The maximum Gasteiger partial charge on any atom is 0.306 e. The smallest absolute Gasteiger partial charge is 0.306 e. The van der Waals surface area contributed by atoms with Crippen LogP contribution < -0.4 is 10.2 Å². The number of ether oxygens (including phenoxy) is 1. The lowest BCUT2D eigenvalue weighted by Gasteiger charge is -2.30. The van der Waals surface area contributed by atoms with Crippen LogP contribution in [0.3, 0.4) is 0 Å². The molecule has 0 saturated heterocycles. The summed E-state index contributed by atoms with van der Waals surface area (Å²) in [5, 5.41) is 3.04. The maximum absolute atomic E-state index is 13.5. The maximum atomic E-state index is 13.5. The van der Waals surface area contributed by atoms with Crippen LogP contribution in [0.4, 0.5) is 0 Å². The fourth-order valence-corrected chi connectivity index (χ4v) is 10.5. The summed E-state index contributed by atoms with van der Waals surface area (Å²) in [6, 6.07) is -0.879. The molecule has 3 unspecified atom stereocenters. The number of amides is 1. The number of phosphoric acid groups is 1. The Hall–Kier alpha value is -1.25. The van der Waals surface area contributed by atoms with Gasteiger partial charge in [0.1, 0.15) is 19.3 Å². The molecule has 0 spiro atoms. The SMILES string of the molecule is CCCCCCCCCCCC/C=C\C(OC(=O)CCCCCCCCCCCCCCCCCCCCCCC)C(COP(=O)([O-])OCC[N+](C)(C)C)NC(=O)CCCCCCCCCCCCCCCC. The van der Waals surface area contributed by atoms with Crippen molar-refractivity contribution >= 4 is 19.7 Å². The van der Waals surface area contributed by atoms with Crippen molar-refractivity contribution in [2.75, 3.05) is 40.9 Å². The van der Waals surface area contributed by atoms with Crippen LogP contribution in [0.2, 0.25) is 0 Å².